The average Bonchev–Trinajstić information content (AvgIpc) is 2.84. The highest BCUT2D eigenvalue weighted by molar-refractivity contribution is 6.04. The third kappa shape index (κ3) is 5.63. The van der Waals surface area contributed by atoms with Gasteiger partial charge in [-0.3, -0.25) is 14.5 Å². The summed E-state index contributed by atoms with van der Waals surface area (Å²) in [6.07, 6.45) is 3.40. The van der Waals surface area contributed by atoms with Crippen molar-refractivity contribution in [3.05, 3.63) is 48.2 Å². The lowest BCUT2D eigenvalue weighted by atomic mass is 9.97. The van der Waals surface area contributed by atoms with Crippen LogP contribution in [0.1, 0.15) is 37.0 Å². The van der Waals surface area contributed by atoms with Crippen LogP contribution in [0.3, 0.4) is 0 Å². The van der Waals surface area contributed by atoms with Gasteiger partial charge in [-0.05, 0) is 63.1 Å². The SMILES string of the molecule is CC(C)N1CCN(c2ccc(C(=O)Nc3ccc(N4CCCC(C(N)=O)C4)nc3)cc2)CC1. The van der Waals surface area contributed by atoms with Gasteiger partial charge in [-0.2, -0.15) is 0 Å². The molecule has 3 heterocycles. The first-order chi connectivity index (χ1) is 15.9. The number of anilines is 3. The first-order valence-electron chi connectivity index (χ1n) is 11.8. The highest BCUT2D eigenvalue weighted by Gasteiger charge is 2.24. The fraction of sp³-hybridized carbons (Fsp3) is 0.480. The number of rotatable bonds is 6. The van der Waals surface area contributed by atoms with Crippen LogP contribution >= 0.6 is 0 Å². The lowest BCUT2D eigenvalue weighted by Gasteiger charge is -2.38. The maximum Gasteiger partial charge on any atom is 0.255 e. The number of carbonyl (C=O) groups excluding carboxylic acids is 2. The minimum absolute atomic E-state index is 0.137. The van der Waals surface area contributed by atoms with E-state index < -0.39 is 0 Å². The first kappa shape index (κ1) is 23.0. The van der Waals surface area contributed by atoms with E-state index in [4.69, 9.17) is 5.73 Å². The van der Waals surface area contributed by atoms with Crippen molar-refractivity contribution >= 4 is 29.0 Å². The third-order valence-electron chi connectivity index (χ3n) is 6.69. The molecule has 0 saturated carbocycles. The molecule has 0 radical (unpaired) electrons. The molecule has 0 aliphatic carbocycles. The Kier molecular flexibility index (Phi) is 7.13. The minimum atomic E-state index is -0.257. The number of nitrogens with one attached hydrogen (secondary N) is 1. The van der Waals surface area contributed by atoms with Gasteiger partial charge in [0.2, 0.25) is 5.91 Å². The number of primary amides is 1. The van der Waals surface area contributed by atoms with Crippen LogP contribution in [0.2, 0.25) is 0 Å². The van der Waals surface area contributed by atoms with E-state index in [9.17, 15) is 9.59 Å². The fourth-order valence-corrected chi connectivity index (χ4v) is 4.59. The summed E-state index contributed by atoms with van der Waals surface area (Å²) in [6.45, 7) is 10.0. The molecule has 2 aliphatic heterocycles. The van der Waals surface area contributed by atoms with E-state index in [1.165, 1.54) is 0 Å². The average molecular weight is 451 g/mol. The number of amides is 2. The van der Waals surface area contributed by atoms with E-state index >= 15 is 0 Å². The molecule has 0 bridgehead atoms. The molecule has 8 nitrogen and oxygen atoms in total. The fourth-order valence-electron chi connectivity index (χ4n) is 4.59. The number of hydrogen-bond acceptors (Lipinski definition) is 6. The second-order valence-electron chi connectivity index (χ2n) is 9.21. The summed E-state index contributed by atoms with van der Waals surface area (Å²) in [4.78, 5) is 35.6. The number of hydrogen-bond donors (Lipinski definition) is 2. The Morgan fingerprint density at radius 1 is 1.00 bits per heavy atom. The molecule has 1 aromatic carbocycles. The summed E-state index contributed by atoms with van der Waals surface area (Å²) in [7, 11) is 0. The maximum absolute atomic E-state index is 12.7. The van der Waals surface area contributed by atoms with Crippen molar-refractivity contribution in [2.45, 2.75) is 32.7 Å². The number of pyridine rings is 1. The van der Waals surface area contributed by atoms with Crippen LogP contribution in [0, 0.1) is 5.92 Å². The van der Waals surface area contributed by atoms with Gasteiger partial charge in [0, 0.05) is 56.6 Å². The highest BCUT2D eigenvalue weighted by Crippen LogP contribution is 2.23. The molecule has 4 rings (SSSR count). The summed E-state index contributed by atoms with van der Waals surface area (Å²) in [5.41, 5.74) is 7.88. The van der Waals surface area contributed by atoms with E-state index in [0.29, 0.717) is 23.8 Å². The second kappa shape index (κ2) is 10.2. The van der Waals surface area contributed by atoms with Crippen LogP contribution in [-0.4, -0.2) is 67.0 Å². The van der Waals surface area contributed by atoms with Crippen molar-refractivity contribution in [2.75, 3.05) is 54.4 Å². The van der Waals surface area contributed by atoms with Crippen molar-refractivity contribution in [1.82, 2.24) is 9.88 Å². The quantitative estimate of drug-likeness (QED) is 0.702. The molecule has 1 unspecified atom stereocenters. The van der Waals surface area contributed by atoms with Gasteiger partial charge in [0.05, 0.1) is 17.8 Å². The molecular formula is C25H34N6O2. The minimum Gasteiger partial charge on any atom is -0.369 e. The Morgan fingerprint density at radius 2 is 1.73 bits per heavy atom. The number of benzene rings is 1. The largest absolute Gasteiger partial charge is 0.369 e. The Balaban J connectivity index is 1.32. The number of piperazine rings is 1. The van der Waals surface area contributed by atoms with E-state index in [1.807, 2.05) is 36.4 Å². The lowest BCUT2D eigenvalue weighted by Crippen LogP contribution is -2.48. The summed E-state index contributed by atoms with van der Waals surface area (Å²) in [5.74, 6) is 0.239. The zero-order valence-corrected chi connectivity index (χ0v) is 19.5. The first-order valence-corrected chi connectivity index (χ1v) is 11.8. The molecule has 2 amide bonds. The van der Waals surface area contributed by atoms with Crippen LogP contribution in [0.4, 0.5) is 17.2 Å². The predicted octanol–water partition coefficient (Wildman–Crippen LogP) is 2.57. The maximum atomic E-state index is 12.7. The summed E-state index contributed by atoms with van der Waals surface area (Å²) in [5, 5.41) is 2.92. The molecule has 1 atom stereocenters. The molecule has 8 heteroatoms. The Hall–Kier alpha value is -3.13. The monoisotopic (exact) mass is 450 g/mol. The number of nitrogens with zero attached hydrogens (tertiary/aromatic N) is 4. The van der Waals surface area contributed by atoms with Crippen LogP contribution in [0.25, 0.3) is 0 Å². The highest BCUT2D eigenvalue weighted by atomic mass is 16.2. The van der Waals surface area contributed by atoms with Crippen LogP contribution < -0.4 is 20.9 Å². The zero-order chi connectivity index (χ0) is 23.4. The van der Waals surface area contributed by atoms with Gasteiger partial charge in [-0.1, -0.05) is 0 Å². The Bertz CT molecular complexity index is 952. The van der Waals surface area contributed by atoms with Crippen LogP contribution in [0.5, 0.6) is 0 Å². The molecule has 2 fully saturated rings. The van der Waals surface area contributed by atoms with Crippen LogP contribution in [0.15, 0.2) is 42.6 Å². The molecule has 3 N–H and O–H groups in total. The molecule has 176 valence electrons. The summed E-state index contributed by atoms with van der Waals surface area (Å²) in [6, 6.07) is 12.1. The molecule has 2 saturated heterocycles. The van der Waals surface area contributed by atoms with Gasteiger partial charge >= 0.3 is 0 Å². The molecule has 2 aromatic rings. The third-order valence-corrected chi connectivity index (χ3v) is 6.69. The van der Waals surface area contributed by atoms with Gasteiger partial charge in [-0.25, -0.2) is 4.98 Å². The molecule has 2 aliphatic rings. The summed E-state index contributed by atoms with van der Waals surface area (Å²) < 4.78 is 0. The van der Waals surface area contributed by atoms with Gasteiger partial charge < -0.3 is 20.9 Å². The van der Waals surface area contributed by atoms with Gasteiger partial charge in [-0.15, -0.1) is 0 Å². The van der Waals surface area contributed by atoms with Crippen molar-refractivity contribution < 1.29 is 9.59 Å². The van der Waals surface area contributed by atoms with E-state index in [-0.39, 0.29) is 17.7 Å². The number of nitrogens with two attached hydrogens (primary N) is 1. The smallest absolute Gasteiger partial charge is 0.255 e. The number of aromatic nitrogens is 1. The van der Waals surface area contributed by atoms with Crippen molar-refractivity contribution in [1.29, 1.82) is 0 Å². The topological polar surface area (TPSA) is 94.8 Å². The van der Waals surface area contributed by atoms with E-state index in [2.05, 4.69) is 38.8 Å². The molecule has 1 aromatic heterocycles. The number of piperidine rings is 1. The van der Waals surface area contributed by atoms with Gasteiger partial charge in [0.15, 0.2) is 0 Å². The molecule has 0 spiro atoms. The molecular weight excluding hydrogens is 416 g/mol. The second-order valence-corrected chi connectivity index (χ2v) is 9.21. The van der Waals surface area contributed by atoms with E-state index in [0.717, 1.165) is 57.1 Å². The standard InChI is InChI=1S/C25H34N6O2/c1-18(2)29-12-14-30(15-13-29)22-8-5-19(6-9-22)25(33)28-21-7-10-23(27-16-21)31-11-3-4-20(17-31)24(26)32/h5-10,16,18,20H,3-4,11-15,17H2,1-2H3,(H2,26,32)(H,28,33). The Labute approximate surface area is 195 Å². The van der Waals surface area contributed by atoms with Gasteiger partial charge in [0.25, 0.3) is 5.91 Å². The van der Waals surface area contributed by atoms with Crippen molar-refractivity contribution in [3.63, 3.8) is 0 Å². The van der Waals surface area contributed by atoms with Crippen LogP contribution in [-0.2, 0) is 4.79 Å². The van der Waals surface area contributed by atoms with Crippen molar-refractivity contribution in [3.8, 4) is 0 Å². The predicted molar refractivity (Wildman–Crippen MR) is 132 cm³/mol. The lowest BCUT2D eigenvalue weighted by molar-refractivity contribution is -0.122. The van der Waals surface area contributed by atoms with Gasteiger partial charge in [0.1, 0.15) is 5.82 Å². The van der Waals surface area contributed by atoms with E-state index in [1.54, 1.807) is 6.20 Å². The zero-order valence-electron chi connectivity index (χ0n) is 19.5. The summed E-state index contributed by atoms with van der Waals surface area (Å²) >= 11 is 0. The molecule has 33 heavy (non-hydrogen) atoms. The van der Waals surface area contributed by atoms with Crippen molar-refractivity contribution in [2.24, 2.45) is 11.7 Å². The normalized spacial score (nSPS) is 19.5. The Morgan fingerprint density at radius 3 is 2.33 bits per heavy atom. The number of carbonyl (C=O) groups is 2.